The van der Waals surface area contributed by atoms with Crippen LogP contribution in [0.15, 0.2) is 24.3 Å². The van der Waals surface area contributed by atoms with Crippen LogP contribution in [0.3, 0.4) is 0 Å². The van der Waals surface area contributed by atoms with Gasteiger partial charge in [-0.15, -0.1) is 0 Å². The summed E-state index contributed by atoms with van der Waals surface area (Å²) in [7, 11) is 1.56. The number of aliphatic carboxylic acids is 1. The first-order chi connectivity index (χ1) is 9.52. The molecule has 1 aliphatic heterocycles. The number of nitrogens with zero attached hydrogens (tertiary/aromatic N) is 1. The Hall–Kier alpha value is -2.04. The van der Waals surface area contributed by atoms with E-state index in [2.05, 4.69) is 0 Å². The molecule has 1 aromatic rings. The van der Waals surface area contributed by atoms with Crippen LogP contribution in [0, 0.1) is 5.92 Å². The number of ether oxygens (including phenoxy) is 1. The minimum atomic E-state index is -0.932. The summed E-state index contributed by atoms with van der Waals surface area (Å²) in [5.74, 6) is -0.162. The van der Waals surface area contributed by atoms with Crippen LogP contribution in [0.4, 0.5) is 0 Å². The van der Waals surface area contributed by atoms with Crippen LogP contribution in [0.25, 0.3) is 0 Å². The average molecular weight is 277 g/mol. The number of hydrogen-bond donors (Lipinski definition) is 1. The Labute approximate surface area is 118 Å². The van der Waals surface area contributed by atoms with Gasteiger partial charge in [0.15, 0.2) is 0 Å². The molecule has 20 heavy (non-hydrogen) atoms. The van der Waals surface area contributed by atoms with E-state index in [0.29, 0.717) is 30.2 Å². The molecule has 0 aromatic heterocycles. The molecule has 2 unspecified atom stereocenters. The summed E-state index contributed by atoms with van der Waals surface area (Å²) < 4.78 is 5.05. The highest BCUT2D eigenvalue weighted by atomic mass is 16.5. The third-order valence-electron chi connectivity index (χ3n) is 3.75. The van der Waals surface area contributed by atoms with Gasteiger partial charge >= 0.3 is 5.97 Å². The van der Waals surface area contributed by atoms with Crippen LogP contribution in [-0.2, 0) is 4.79 Å². The van der Waals surface area contributed by atoms with Gasteiger partial charge in [0.2, 0.25) is 0 Å². The van der Waals surface area contributed by atoms with Gasteiger partial charge in [-0.1, -0.05) is 6.92 Å². The molecule has 1 N–H and O–H groups in total. The second-order valence-corrected chi connectivity index (χ2v) is 5.21. The molecule has 2 rings (SSSR count). The lowest BCUT2D eigenvalue weighted by Gasteiger charge is -2.36. The number of likely N-dealkylation sites (tertiary alicyclic amines) is 1. The van der Waals surface area contributed by atoms with E-state index >= 15 is 0 Å². The zero-order valence-corrected chi connectivity index (χ0v) is 11.7. The Bertz CT molecular complexity index is 497. The Morgan fingerprint density at radius 2 is 1.95 bits per heavy atom. The molecule has 1 fully saturated rings. The van der Waals surface area contributed by atoms with Crippen molar-refractivity contribution in [2.45, 2.75) is 25.8 Å². The number of benzene rings is 1. The summed E-state index contributed by atoms with van der Waals surface area (Å²) in [5, 5.41) is 9.29. The van der Waals surface area contributed by atoms with E-state index in [1.807, 2.05) is 6.92 Å². The van der Waals surface area contributed by atoms with Gasteiger partial charge in [0.05, 0.1) is 7.11 Å². The number of carbonyl (C=O) groups excluding carboxylic acids is 1. The lowest BCUT2D eigenvalue weighted by atomic mass is 9.92. The summed E-state index contributed by atoms with van der Waals surface area (Å²) in [6.07, 6.45) is 1.35. The molecule has 0 radical (unpaired) electrons. The van der Waals surface area contributed by atoms with Gasteiger partial charge in [-0.25, -0.2) is 4.79 Å². The highest BCUT2D eigenvalue weighted by Gasteiger charge is 2.35. The standard InChI is InChI=1S/C15H19NO4/c1-10-7-8-16(13(9-10)15(18)19)14(17)11-3-5-12(20-2)6-4-11/h3-6,10,13H,7-9H2,1-2H3,(H,18,19). The third-order valence-corrected chi connectivity index (χ3v) is 3.75. The van der Waals surface area contributed by atoms with Crippen molar-refractivity contribution in [3.05, 3.63) is 29.8 Å². The van der Waals surface area contributed by atoms with Crippen LogP contribution in [-0.4, -0.2) is 41.6 Å². The molecule has 1 amide bonds. The molecule has 5 heteroatoms. The van der Waals surface area contributed by atoms with E-state index in [-0.39, 0.29) is 5.91 Å². The molecule has 0 aliphatic carbocycles. The van der Waals surface area contributed by atoms with E-state index in [1.165, 1.54) is 4.90 Å². The van der Waals surface area contributed by atoms with Crippen molar-refractivity contribution in [3.8, 4) is 5.75 Å². The van der Waals surface area contributed by atoms with E-state index in [0.717, 1.165) is 6.42 Å². The Morgan fingerprint density at radius 1 is 1.30 bits per heavy atom. The predicted octanol–water partition coefficient (Wildman–Crippen LogP) is 2.02. The van der Waals surface area contributed by atoms with E-state index in [9.17, 15) is 14.7 Å². The van der Waals surface area contributed by atoms with Crippen molar-refractivity contribution in [2.24, 2.45) is 5.92 Å². The molecule has 1 heterocycles. The molecule has 1 aromatic carbocycles. The zero-order valence-electron chi connectivity index (χ0n) is 11.7. The maximum atomic E-state index is 12.4. The molecular weight excluding hydrogens is 258 g/mol. The summed E-state index contributed by atoms with van der Waals surface area (Å²) in [6.45, 7) is 2.51. The average Bonchev–Trinajstić information content (AvgIpc) is 2.46. The molecule has 1 saturated heterocycles. The summed E-state index contributed by atoms with van der Waals surface area (Å²) in [5.41, 5.74) is 0.492. The number of amides is 1. The fourth-order valence-corrected chi connectivity index (χ4v) is 2.52. The topological polar surface area (TPSA) is 66.8 Å². The number of carboxylic acid groups (broad SMARTS) is 1. The minimum absolute atomic E-state index is 0.230. The number of carboxylic acids is 1. The van der Waals surface area contributed by atoms with Crippen LogP contribution in [0.2, 0.25) is 0 Å². The highest BCUT2D eigenvalue weighted by molar-refractivity contribution is 5.96. The second kappa shape index (κ2) is 5.94. The van der Waals surface area contributed by atoms with Crippen LogP contribution in [0.1, 0.15) is 30.1 Å². The number of carbonyl (C=O) groups is 2. The first-order valence-electron chi connectivity index (χ1n) is 6.70. The summed E-state index contributed by atoms with van der Waals surface area (Å²) in [4.78, 5) is 25.2. The maximum Gasteiger partial charge on any atom is 0.326 e. The van der Waals surface area contributed by atoms with Gasteiger partial charge < -0.3 is 14.7 Å². The van der Waals surface area contributed by atoms with Gasteiger partial charge in [-0.3, -0.25) is 4.79 Å². The normalized spacial score (nSPS) is 22.4. The summed E-state index contributed by atoms with van der Waals surface area (Å²) >= 11 is 0. The lowest BCUT2D eigenvalue weighted by molar-refractivity contribution is -0.144. The number of hydrogen-bond acceptors (Lipinski definition) is 3. The van der Waals surface area contributed by atoms with Crippen LogP contribution in [0.5, 0.6) is 5.75 Å². The predicted molar refractivity (Wildman–Crippen MR) is 73.9 cm³/mol. The molecule has 1 aliphatic rings. The Morgan fingerprint density at radius 3 is 2.50 bits per heavy atom. The molecule has 108 valence electrons. The fraction of sp³-hybridized carbons (Fsp3) is 0.467. The smallest absolute Gasteiger partial charge is 0.326 e. The van der Waals surface area contributed by atoms with Crippen LogP contribution < -0.4 is 4.74 Å². The number of methoxy groups -OCH3 is 1. The quantitative estimate of drug-likeness (QED) is 0.918. The zero-order chi connectivity index (χ0) is 14.7. The van der Waals surface area contributed by atoms with Gasteiger partial charge in [-0.05, 0) is 43.0 Å². The molecule has 0 saturated carbocycles. The van der Waals surface area contributed by atoms with Crippen molar-refractivity contribution in [3.63, 3.8) is 0 Å². The minimum Gasteiger partial charge on any atom is -0.497 e. The first-order valence-corrected chi connectivity index (χ1v) is 6.70. The van der Waals surface area contributed by atoms with Gasteiger partial charge in [0.25, 0.3) is 5.91 Å². The van der Waals surface area contributed by atoms with Crippen molar-refractivity contribution < 1.29 is 19.4 Å². The second-order valence-electron chi connectivity index (χ2n) is 5.21. The van der Waals surface area contributed by atoms with Gasteiger partial charge in [0, 0.05) is 12.1 Å². The number of piperidine rings is 1. The van der Waals surface area contributed by atoms with Crippen molar-refractivity contribution in [1.82, 2.24) is 4.90 Å². The van der Waals surface area contributed by atoms with Crippen molar-refractivity contribution in [1.29, 1.82) is 0 Å². The monoisotopic (exact) mass is 277 g/mol. The maximum absolute atomic E-state index is 12.4. The molecule has 0 spiro atoms. The van der Waals surface area contributed by atoms with Gasteiger partial charge in [-0.2, -0.15) is 0 Å². The Kier molecular flexibility index (Phi) is 4.27. The first kappa shape index (κ1) is 14.4. The van der Waals surface area contributed by atoms with Crippen molar-refractivity contribution in [2.75, 3.05) is 13.7 Å². The molecule has 2 atom stereocenters. The Balaban J connectivity index is 2.19. The highest BCUT2D eigenvalue weighted by Crippen LogP contribution is 2.25. The van der Waals surface area contributed by atoms with E-state index < -0.39 is 12.0 Å². The van der Waals surface area contributed by atoms with E-state index in [4.69, 9.17) is 4.74 Å². The van der Waals surface area contributed by atoms with Crippen molar-refractivity contribution >= 4 is 11.9 Å². The van der Waals surface area contributed by atoms with Gasteiger partial charge in [0.1, 0.15) is 11.8 Å². The molecule has 5 nitrogen and oxygen atoms in total. The largest absolute Gasteiger partial charge is 0.497 e. The SMILES string of the molecule is COc1ccc(C(=O)N2CCC(C)CC2C(=O)O)cc1. The van der Waals surface area contributed by atoms with Crippen LogP contribution >= 0.6 is 0 Å². The molecule has 0 bridgehead atoms. The lowest BCUT2D eigenvalue weighted by Crippen LogP contribution is -2.49. The summed E-state index contributed by atoms with van der Waals surface area (Å²) in [6, 6.07) is 6.01. The fourth-order valence-electron chi connectivity index (χ4n) is 2.52. The molecular formula is C15H19NO4. The van der Waals surface area contributed by atoms with E-state index in [1.54, 1.807) is 31.4 Å². The third kappa shape index (κ3) is 2.92. The number of rotatable bonds is 3.